The van der Waals surface area contributed by atoms with Gasteiger partial charge in [-0.3, -0.25) is 9.69 Å². The Morgan fingerprint density at radius 3 is 2.59 bits per heavy atom. The van der Waals surface area contributed by atoms with Crippen LogP contribution in [0.2, 0.25) is 0 Å². The van der Waals surface area contributed by atoms with Crippen molar-refractivity contribution in [2.24, 2.45) is 0 Å². The van der Waals surface area contributed by atoms with Gasteiger partial charge in [0.05, 0.1) is 25.7 Å². The first kappa shape index (κ1) is 28.7. The van der Waals surface area contributed by atoms with E-state index in [9.17, 15) is 24.9 Å². The summed E-state index contributed by atoms with van der Waals surface area (Å²) in [5.74, 6) is -1.33. The second-order valence-electron chi connectivity index (χ2n) is 10.1. The number of rotatable bonds is 8. The minimum Gasteiger partial charge on any atom is -0.444 e. The van der Waals surface area contributed by atoms with Crippen LogP contribution in [0.25, 0.3) is 0 Å². The van der Waals surface area contributed by atoms with Crippen molar-refractivity contribution in [2.45, 2.75) is 57.1 Å². The van der Waals surface area contributed by atoms with E-state index in [4.69, 9.17) is 9.47 Å². The van der Waals surface area contributed by atoms with E-state index in [1.807, 2.05) is 44.2 Å². The zero-order chi connectivity index (χ0) is 26.8. The fourth-order valence-electron chi connectivity index (χ4n) is 4.72. The molecule has 2 amide bonds. The molecule has 0 saturated carbocycles. The molecule has 2 atom stereocenters. The Labute approximate surface area is 219 Å². The SMILES string of the molecule is CC(C)(C=C(C#N)C(=O)N1CCCC[C@H](OC(=O)NC(Cc2ccccc2)B(O)O)C1)N1CCOCC1. The zero-order valence-corrected chi connectivity index (χ0v) is 21.6. The van der Waals surface area contributed by atoms with Gasteiger partial charge in [0.15, 0.2) is 0 Å². The van der Waals surface area contributed by atoms with E-state index in [0.29, 0.717) is 26.2 Å². The first-order valence-electron chi connectivity index (χ1n) is 12.8. The van der Waals surface area contributed by atoms with Crippen LogP contribution in [-0.4, -0.2) is 95.9 Å². The van der Waals surface area contributed by atoms with Gasteiger partial charge in [0.2, 0.25) is 0 Å². The summed E-state index contributed by atoms with van der Waals surface area (Å²) in [7, 11) is -1.77. The molecular formula is C26H37BN4O6. The molecule has 0 spiro atoms. The van der Waals surface area contributed by atoms with Crippen LogP contribution in [0.15, 0.2) is 42.0 Å². The summed E-state index contributed by atoms with van der Waals surface area (Å²) >= 11 is 0. The first-order valence-corrected chi connectivity index (χ1v) is 12.8. The lowest BCUT2D eigenvalue weighted by Gasteiger charge is -2.39. The highest BCUT2D eigenvalue weighted by Crippen LogP contribution is 2.22. The molecule has 3 rings (SSSR count). The number of carbonyl (C=O) groups excluding carboxylic acids is 2. The number of morpholine rings is 1. The van der Waals surface area contributed by atoms with Crippen LogP contribution in [0, 0.1) is 11.3 Å². The molecule has 200 valence electrons. The van der Waals surface area contributed by atoms with Gasteiger partial charge < -0.3 is 29.7 Å². The van der Waals surface area contributed by atoms with Gasteiger partial charge in [-0.2, -0.15) is 5.26 Å². The molecule has 1 aromatic rings. The number of nitriles is 1. The predicted octanol–water partition coefficient (Wildman–Crippen LogP) is 1.28. The lowest BCUT2D eigenvalue weighted by Crippen LogP contribution is -2.50. The van der Waals surface area contributed by atoms with E-state index >= 15 is 0 Å². The van der Waals surface area contributed by atoms with Gasteiger partial charge in [0.25, 0.3) is 5.91 Å². The average Bonchev–Trinajstić information content (AvgIpc) is 3.13. The highest BCUT2D eigenvalue weighted by atomic mass is 16.6. The zero-order valence-electron chi connectivity index (χ0n) is 21.6. The van der Waals surface area contributed by atoms with Gasteiger partial charge in [-0.05, 0) is 51.2 Å². The van der Waals surface area contributed by atoms with E-state index in [1.54, 1.807) is 11.0 Å². The normalized spacial score (nSPS) is 20.4. The van der Waals surface area contributed by atoms with Crippen molar-refractivity contribution in [3.8, 4) is 6.07 Å². The van der Waals surface area contributed by atoms with Crippen molar-refractivity contribution in [3.05, 3.63) is 47.5 Å². The van der Waals surface area contributed by atoms with Gasteiger partial charge in [-0.15, -0.1) is 0 Å². The van der Waals surface area contributed by atoms with Gasteiger partial charge in [0.1, 0.15) is 17.7 Å². The van der Waals surface area contributed by atoms with E-state index in [2.05, 4.69) is 16.3 Å². The van der Waals surface area contributed by atoms with Gasteiger partial charge in [0, 0.05) is 25.2 Å². The Hall–Kier alpha value is -2.91. The molecule has 3 N–H and O–H groups in total. The van der Waals surface area contributed by atoms with Crippen LogP contribution in [0.3, 0.4) is 0 Å². The molecule has 11 heteroatoms. The Balaban J connectivity index is 1.62. The summed E-state index contributed by atoms with van der Waals surface area (Å²) in [5, 5.41) is 31.8. The number of alkyl carbamates (subject to hydrolysis) is 1. The van der Waals surface area contributed by atoms with Crippen molar-refractivity contribution in [1.29, 1.82) is 5.26 Å². The van der Waals surface area contributed by atoms with Gasteiger partial charge in [-0.25, -0.2) is 4.79 Å². The molecular weight excluding hydrogens is 475 g/mol. The topological polar surface area (TPSA) is 135 Å². The van der Waals surface area contributed by atoms with Gasteiger partial charge >= 0.3 is 13.2 Å². The molecule has 0 aliphatic carbocycles. The van der Waals surface area contributed by atoms with Crippen LogP contribution < -0.4 is 5.32 Å². The maximum Gasteiger partial charge on any atom is 0.475 e. The predicted molar refractivity (Wildman–Crippen MR) is 138 cm³/mol. The Kier molecular flexibility index (Phi) is 10.5. The van der Waals surface area contributed by atoms with E-state index in [0.717, 1.165) is 31.5 Å². The Morgan fingerprint density at radius 2 is 1.95 bits per heavy atom. The van der Waals surface area contributed by atoms with E-state index in [-0.39, 0.29) is 24.4 Å². The number of hydrogen-bond donors (Lipinski definition) is 3. The summed E-state index contributed by atoms with van der Waals surface area (Å²) in [4.78, 5) is 29.7. The number of likely N-dealkylation sites (tertiary alicyclic amines) is 1. The van der Waals surface area contributed by atoms with Crippen LogP contribution in [0.1, 0.15) is 38.7 Å². The number of nitrogens with zero attached hydrogens (tertiary/aromatic N) is 3. The quantitative estimate of drug-likeness (QED) is 0.269. The third kappa shape index (κ3) is 8.57. The van der Waals surface area contributed by atoms with Crippen molar-refractivity contribution in [1.82, 2.24) is 15.1 Å². The molecule has 0 aromatic heterocycles. The minimum atomic E-state index is -1.77. The fraction of sp³-hybridized carbons (Fsp3) is 0.577. The van der Waals surface area contributed by atoms with Crippen LogP contribution in [0.4, 0.5) is 4.79 Å². The molecule has 2 heterocycles. The van der Waals surface area contributed by atoms with Crippen LogP contribution in [0.5, 0.6) is 0 Å². The number of ether oxygens (including phenoxy) is 2. The Bertz CT molecular complexity index is 975. The molecule has 1 unspecified atom stereocenters. The van der Waals surface area contributed by atoms with Crippen LogP contribution in [-0.2, 0) is 20.7 Å². The summed E-state index contributed by atoms with van der Waals surface area (Å²) in [5.41, 5.74) is 0.404. The standard InChI is InChI=1S/C26H37BN4O6/c1-26(2,31-12-14-36-15-13-31)17-21(18-28)24(32)30-11-7-6-10-22(19-30)37-25(33)29-23(27(34)35)16-20-8-4-3-5-9-20/h3-5,8-9,17,22-23,34-35H,6-7,10-16,19H2,1-2H3,(H,29,33)/t22-,23?/m0/s1. The molecule has 2 saturated heterocycles. The minimum absolute atomic E-state index is 0.0629. The summed E-state index contributed by atoms with van der Waals surface area (Å²) in [6.07, 6.45) is 2.62. The van der Waals surface area contributed by atoms with E-state index < -0.39 is 30.8 Å². The summed E-state index contributed by atoms with van der Waals surface area (Å²) in [6.45, 7) is 7.24. The third-order valence-corrected chi connectivity index (χ3v) is 6.83. The second-order valence-corrected chi connectivity index (χ2v) is 10.1. The molecule has 1 aromatic carbocycles. The summed E-state index contributed by atoms with van der Waals surface area (Å²) in [6, 6.07) is 11.2. The number of benzene rings is 1. The molecule has 2 aliphatic heterocycles. The van der Waals surface area contributed by atoms with E-state index in [1.165, 1.54) is 0 Å². The van der Waals surface area contributed by atoms with Crippen molar-refractivity contribution < 1.29 is 29.1 Å². The molecule has 10 nitrogen and oxygen atoms in total. The second kappa shape index (κ2) is 13.6. The first-order chi connectivity index (χ1) is 17.7. The fourth-order valence-corrected chi connectivity index (χ4v) is 4.72. The average molecular weight is 512 g/mol. The maximum atomic E-state index is 13.3. The maximum absolute atomic E-state index is 13.3. The number of nitrogens with one attached hydrogen (secondary N) is 1. The largest absolute Gasteiger partial charge is 0.475 e. The number of hydrogen-bond acceptors (Lipinski definition) is 8. The third-order valence-electron chi connectivity index (χ3n) is 6.83. The van der Waals surface area contributed by atoms with Crippen LogP contribution >= 0.6 is 0 Å². The summed E-state index contributed by atoms with van der Waals surface area (Å²) < 4.78 is 11.0. The molecule has 0 bridgehead atoms. The lowest BCUT2D eigenvalue weighted by atomic mass is 9.76. The highest BCUT2D eigenvalue weighted by Gasteiger charge is 2.32. The van der Waals surface area contributed by atoms with Crippen molar-refractivity contribution in [2.75, 3.05) is 39.4 Å². The van der Waals surface area contributed by atoms with Crippen molar-refractivity contribution in [3.63, 3.8) is 0 Å². The highest BCUT2D eigenvalue weighted by molar-refractivity contribution is 6.43. The molecule has 2 aliphatic rings. The van der Waals surface area contributed by atoms with Crippen molar-refractivity contribution >= 4 is 19.1 Å². The number of amides is 2. The Morgan fingerprint density at radius 1 is 1.24 bits per heavy atom. The molecule has 0 radical (unpaired) electrons. The van der Waals surface area contributed by atoms with Gasteiger partial charge in [-0.1, -0.05) is 30.3 Å². The molecule has 2 fully saturated rings. The lowest BCUT2D eigenvalue weighted by molar-refractivity contribution is -0.127. The monoisotopic (exact) mass is 512 g/mol. The molecule has 37 heavy (non-hydrogen) atoms. The smallest absolute Gasteiger partial charge is 0.444 e. The number of carbonyl (C=O) groups is 2.